The van der Waals surface area contributed by atoms with E-state index in [2.05, 4.69) is 41.7 Å². The largest absolute Gasteiger partial charge is 0.306 e. The number of carbonyl (C=O) groups is 1. The van der Waals surface area contributed by atoms with E-state index in [9.17, 15) is 4.79 Å². The van der Waals surface area contributed by atoms with Crippen LogP contribution in [0.5, 0.6) is 0 Å². The molecule has 0 saturated carbocycles. The van der Waals surface area contributed by atoms with Gasteiger partial charge in [-0.05, 0) is 31.2 Å². The molecular formula is C15H21BrClNO. The Morgan fingerprint density at radius 2 is 2.16 bits per heavy atom. The van der Waals surface area contributed by atoms with Gasteiger partial charge in [0.25, 0.3) is 0 Å². The number of halogens is 2. The zero-order chi connectivity index (χ0) is 14.4. The number of carbonyl (C=O) groups excluding carboxylic acids is 1. The van der Waals surface area contributed by atoms with Gasteiger partial charge in [0, 0.05) is 29.5 Å². The van der Waals surface area contributed by atoms with Gasteiger partial charge < -0.3 is 4.90 Å². The Morgan fingerprint density at radius 1 is 1.47 bits per heavy atom. The molecule has 0 N–H and O–H groups in total. The first-order valence-electron chi connectivity index (χ1n) is 6.60. The highest BCUT2D eigenvalue weighted by molar-refractivity contribution is 9.10. The fourth-order valence-corrected chi connectivity index (χ4v) is 2.67. The van der Waals surface area contributed by atoms with Crippen LogP contribution in [-0.2, 0) is 0 Å². The van der Waals surface area contributed by atoms with E-state index in [0.717, 1.165) is 24.0 Å². The molecule has 0 saturated heterocycles. The first-order valence-corrected chi connectivity index (χ1v) is 7.78. The van der Waals surface area contributed by atoms with E-state index < -0.39 is 0 Å². The van der Waals surface area contributed by atoms with E-state index in [-0.39, 0.29) is 5.78 Å². The lowest BCUT2D eigenvalue weighted by Gasteiger charge is -2.20. The Balaban J connectivity index is 2.51. The van der Waals surface area contributed by atoms with Crippen molar-refractivity contribution >= 4 is 33.3 Å². The number of hydrogen-bond donors (Lipinski definition) is 0. The average Bonchev–Trinajstić information content (AvgIpc) is 2.35. The summed E-state index contributed by atoms with van der Waals surface area (Å²) < 4.78 is 0.892. The fourth-order valence-electron chi connectivity index (χ4n) is 1.90. The molecule has 0 heterocycles. The van der Waals surface area contributed by atoms with Crippen molar-refractivity contribution in [1.82, 2.24) is 4.90 Å². The van der Waals surface area contributed by atoms with Gasteiger partial charge in [0.05, 0.1) is 5.02 Å². The van der Waals surface area contributed by atoms with Gasteiger partial charge in [-0.2, -0.15) is 0 Å². The molecule has 1 aromatic carbocycles. The Hall–Kier alpha value is -0.380. The second-order valence-corrected chi connectivity index (χ2v) is 6.40. The molecule has 0 amide bonds. The van der Waals surface area contributed by atoms with Crippen LogP contribution in [0, 0.1) is 5.92 Å². The predicted octanol–water partition coefficient (Wildman–Crippen LogP) is 4.65. The number of rotatable bonds is 7. The summed E-state index contributed by atoms with van der Waals surface area (Å²) in [5.41, 5.74) is 0.613. The lowest BCUT2D eigenvalue weighted by atomic mass is 10.1. The minimum atomic E-state index is 0.105. The maximum atomic E-state index is 12.1. The summed E-state index contributed by atoms with van der Waals surface area (Å²) in [5.74, 6) is 0.768. The summed E-state index contributed by atoms with van der Waals surface area (Å²) >= 11 is 9.42. The lowest BCUT2D eigenvalue weighted by Crippen LogP contribution is -2.26. The quantitative estimate of drug-likeness (QED) is 0.670. The van der Waals surface area contributed by atoms with Crippen LogP contribution in [0.4, 0.5) is 0 Å². The molecule has 0 aliphatic heterocycles. The molecular weight excluding hydrogens is 326 g/mol. The van der Waals surface area contributed by atoms with E-state index in [1.165, 1.54) is 0 Å². The minimum Gasteiger partial charge on any atom is -0.306 e. The topological polar surface area (TPSA) is 20.3 Å². The van der Waals surface area contributed by atoms with E-state index in [1.54, 1.807) is 12.1 Å². The molecule has 19 heavy (non-hydrogen) atoms. The van der Waals surface area contributed by atoms with Crippen molar-refractivity contribution in [2.24, 2.45) is 5.92 Å². The first-order chi connectivity index (χ1) is 8.93. The van der Waals surface area contributed by atoms with E-state index >= 15 is 0 Å². The van der Waals surface area contributed by atoms with Crippen LogP contribution in [0.25, 0.3) is 0 Å². The molecule has 1 rings (SSSR count). The summed E-state index contributed by atoms with van der Waals surface area (Å²) in [6, 6.07) is 5.39. The maximum Gasteiger partial charge on any atom is 0.165 e. The number of ketones is 1. The van der Waals surface area contributed by atoms with E-state index in [4.69, 9.17) is 11.6 Å². The Kier molecular flexibility index (Phi) is 7.05. The normalized spacial score (nSPS) is 12.7. The van der Waals surface area contributed by atoms with Crippen LogP contribution >= 0.6 is 27.5 Å². The van der Waals surface area contributed by atoms with Crippen LogP contribution in [0.2, 0.25) is 5.02 Å². The van der Waals surface area contributed by atoms with Crippen molar-refractivity contribution in [3.8, 4) is 0 Å². The van der Waals surface area contributed by atoms with Crippen molar-refractivity contribution in [3.05, 3.63) is 33.3 Å². The van der Waals surface area contributed by atoms with Gasteiger partial charge in [-0.15, -0.1) is 0 Å². The average molecular weight is 347 g/mol. The molecule has 0 bridgehead atoms. The number of hydrogen-bond acceptors (Lipinski definition) is 2. The third kappa shape index (κ3) is 5.64. The van der Waals surface area contributed by atoms with Crippen molar-refractivity contribution in [2.75, 3.05) is 20.1 Å². The number of nitrogens with zero attached hydrogens (tertiary/aromatic N) is 1. The second kappa shape index (κ2) is 8.03. The van der Waals surface area contributed by atoms with Crippen LogP contribution < -0.4 is 0 Å². The third-order valence-corrected chi connectivity index (χ3v) is 4.08. The number of Topliss-reactive ketones (excluding diaryl/α,β-unsaturated/α-hetero) is 1. The highest BCUT2D eigenvalue weighted by Gasteiger charge is 2.12. The molecule has 4 heteroatoms. The monoisotopic (exact) mass is 345 g/mol. The molecule has 1 atom stereocenters. The molecule has 0 aliphatic rings. The smallest absolute Gasteiger partial charge is 0.165 e. The standard InChI is InChI=1S/C15H21BrClNO/c1-4-11(2)10-18(3)8-7-15(19)13-6-5-12(16)9-14(13)17/h5-6,9,11H,4,7-8,10H2,1-3H3. The Labute approximate surface area is 129 Å². The predicted molar refractivity (Wildman–Crippen MR) is 85.1 cm³/mol. The van der Waals surface area contributed by atoms with Gasteiger partial charge in [0.15, 0.2) is 5.78 Å². The highest BCUT2D eigenvalue weighted by Crippen LogP contribution is 2.22. The molecule has 1 aromatic rings. The summed E-state index contributed by atoms with van der Waals surface area (Å²) in [4.78, 5) is 14.3. The maximum absolute atomic E-state index is 12.1. The SMILES string of the molecule is CCC(C)CN(C)CCC(=O)c1ccc(Br)cc1Cl. The van der Waals surface area contributed by atoms with Crippen molar-refractivity contribution < 1.29 is 4.79 Å². The van der Waals surface area contributed by atoms with Gasteiger partial charge in [-0.1, -0.05) is 47.8 Å². The van der Waals surface area contributed by atoms with Crippen molar-refractivity contribution in [1.29, 1.82) is 0 Å². The first kappa shape index (κ1) is 16.7. The second-order valence-electron chi connectivity index (χ2n) is 5.07. The third-order valence-electron chi connectivity index (χ3n) is 3.27. The Bertz CT molecular complexity index is 436. The highest BCUT2D eigenvalue weighted by atomic mass is 79.9. The van der Waals surface area contributed by atoms with Gasteiger partial charge in [0.1, 0.15) is 0 Å². The van der Waals surface area contributed by atoms with Gasteiger partial charge in [0.2, 0.25) is 0 Å². The van der Waals surface area contributed by atoms with Gasteiger partial charge >= 0.3 is 0 Å². The molecule has 0 aliphatic carbocycles. The minimum absolute atomic E-state index is 0.105. The summed E-state index contributed by atoms with van der Waals surface area (Å²) in [6.45, 7) is 6.21. The van der Waals surface area contributed by atoms with Gasteiger partial charge in [-0.3, -0.25) is 4.79 Å². The summed E-state index contributed by atoms with van der Waals surface area (Å²) in [5, 5.41) is 0.518. The van der Waals surface area contributed by atoms with Crippen molar-refractivity contribution in [2.45, 2.75) is 26.7 Å². The van der Waals surface area contributed by atoms with Crippen LogP contribution in [0.3, 0.4) is 0 Å². The molecule has 2 nitrogen and oxygen atoms in total. The van der Waals surface area contributed by atoms with Crippen LogP contribution in [0.15, 0.2) is 22.7 Å². The van der Waals surface area contributed by atoms with Crippen LogP contribution in [-0.4, -0.2) is 30.8 Å². The fraction of sp³-hybridized carbons (Fsp3) is 0.533. The molecule has 0 aromatic heterocycles. The molecule has 0 fully saturated rings. The van der Waals surface area contributed by atoms with E-state index in [0.29, 0.717) is 22.9 Å². The number of benzene rings is 1. The van der Waals surface area contributed by atoms with Crippen LogP contribution in [0.1, 0.15) is 37.0 Å². The lowest BCUT2D eigenvalue weighted by molar-refractivity contribution is 0.0966. The van der Waals surface area contributed by atoms with Crippen molar-refractivity contribution in [3.63, 3.8) is 0 Å². The summed E-state index contributed by atoms with van der Waals surface area (Å²) in [7, 11) is 2.06. The molecule has 0 radical (unpaired) electrons. The van der Waals surface area contributed by atoms with E-state index in [1.807, 2.05) is 6.07 Å². The summed E-state index contributed by atoms with van der Waals surface area (Å²) in [6.07, 6.45) is 1.67. The van der Waals surface area contributed by atoms with Gasteiger partial charge in [-0.25, -0.2) is 0 Å². The molecule has 0 spiro atoms. The Morgan fingerprint density at radius 3 is 2.74 bits per heavy atom. The zero-order valence-corrected chi connectivity index (χ0v) is 14.1. The molecule has 1 unspecified atom stereocenters. The zero-order valence-electron chi connectivity index (χ0n) is 11.7. The molecule has 106 valence electrons.